The second kappa shape index (κ2) is 11.2. The first-order valence-corrected chi connectivity index (χ1v) is 13.1. The summed E-state index contributed by atoms with van der Waals surface area (Å²) in [5, 5.41) is 23.5. The fraction of sp³-hybridized carbons (Fsp3) is 0.143. The molecule has 0 bridgehead atoms. The summed E-state index contributed by atoms with van der Waals surface area (Å²) in [4.78, 5) is 23.7. The van der Waals surface area contributed by atoms with Gasteiger partial charge in [0.15, 0.2) is 0 Å². The van der Waals surface area contributed by atoms with Crippen LogP contribution in [0.4, 0.5) is 11.4 Å². The smallest absolute Gasteiger partial charge is 0.326 e. The number of carbonyl (C=O) groups is 2. The van der Waals surface area contributed by atoms with Gasteiger partial charge in [-0.3, -0.25) is 9.10 Å². The molecule has 0 amide bonds. The molecule has 0 fully saturated rings. The average Bonchev–Trinajstić information content (AvgIpc) is 2.92. The summed E-state index contributed by atoms with van der Waals surface area (Å²) in [7, 11) is -2.82. The van der Waals surface area contributed by atoms with E-state index in [0.717, 1.165) is 9.87 Å². The average molecular weight is 535 g/mol. The van der Waals surface area contributed by atoms with Crippen molar-refractivity contribution < 1.29 is 33.0 Å². The third-order valence-corrected chi connectivity index (χ3v) is 7.78. The molecule has 0 unspecified atom stereocenters. The lowest BCUT2D eigenvalue weighted by atomic mass is 10.0. The predicted molar refractivity (Wildman–Crippen MR) is 144 cm³/mol. The number of benzene rings is 4. The Hall–Kier alpha value is -4.57. The highest BCUT2D eigenvalue weighted by atomic mass is 32.2. The van der Waals surface area contributed by atoms with Gasteiger partial charge >= 0.3 is 11.9 Å². The maximum Gasteiger partial charge on any atom is 0.326 e. The Morgan fingerprint density at radius 3 is 2.11 bits per heavy atom. The first kappa shape index (κ1) is 26.5. The molecular formula is C28H26N2O7S. The van der Waals surface area contributed by atoms with Crippen LogP contribution in [-0.2, 0) is 26.0 Å². The molecule has 9 nitrogen and oxygen atoms in total. The van der Waals surface area contributed by atoms with Crippen molar-refractivity contribution in [2.24, 2.45) is 0 Å². The van der Waals surface area contributed by atoms with Crippen molar-refractivity contribution >= 4 is 44.1 Å². The van der Waals surface area contributed by atoms with Gasteiger partial charge in [0.2, 0.25) is 0 Å². The molecule has 38 heavy (non-hydrogen) atoms. The molecule has 3 N–H and O–H groups in total. The van der Waals surface area contributed by atoms with E-state index in [0.29, 0.717) is 22.2 Å². The lowest BCUT2D eigenvalue weighted by Gasteiger charge is -2.26. The molecule has 0 aliphatic carbocycles. The van der Waals surface area contributed by atoms with E-state index in [1.54, 1.807) is 30.3 Å². The molecular weight excluding hydrogens is 508 g/mol. The number of anilines is 2. The first-order valence-electron chi connectivity index (χ1n) is 11.6. The van der Waals surface area contributed by atoms with Gasteiger partial charge in [0, 0.05) is 22.9 Å². The number of hydrogen-bond acceptors (Lipinski definition) is 6. The molecule has 4 aromatic carbocycles. The van der Waals surface area contributed by atoms with Crippen molar-refractivity contribution in [2.75, 3.05) is 23.3 Å². The second-order valence-corrected chi connectivity index (χ2v) is 10.3. The molecule has 0 heterocycles. The van der Waals surface area contributed by atoms with Gasteiger partial charge in [0.05, 0.1) is 17.7 Å². The molecule has 0 radical (unpaired) electrons. The van der Waals surface area contributed by atoms with E-state index in [-0.39, 0.29) is 17.0 Å². The summed E-state index contributed by atoms with van der Waals surface area (Å²) in [6, 6.07) is 23.8. The quantitative estimate of drug-likeness (QED) is 0.260. The van der Waals surface area contributed by atoms with Crippen LogP contribution in [0.25, 0.3) is 10.8 Å². The normalized spacial score (nSPS) is 12.0. The van der Waals surface area contributed by atoms with Crippen LogP contribution in [0.3, 0.4) is 0 Å². The van der Waals surface area contributed by atoms with Crippen molar-refractivity contribution in [3.05, 3.63) is 96.6 Å². The SMILES string of the molecule is COc1ccc(S(=O)(=O)N(CC(=O)O)c2ccc(N[C@@H](Cc3ccccc3)C(=O)O)c3ccccc23)cc1. The minimum absolute atomic E-state index is 0.0976. The van der Waals surface area contributed by atoms with Crippen LogP contribution < -0.4 is 14.4 Å². The molecule has 0 aliphatic heterocycles. The van der Waals surface area contributed by atoms with Crippen LogP contribution in [0.1, 0.15) is 5.56 Å². The molecule has 0 aliphatic rings. The fourth-order valence-electron chi connectivity index (χ4n) is 4.16. The lowest BCUT2D eigenvalue weighted by Crippen LogP contribution is -2.36. The van der Waals surface area contributed by atoms with Crippen molar-refractivity contribution in [1.29, 1.82) is 0 Å². The maximum absolute atomic E-state index is 13.6. The summed E-state index contributed by atoms with van der Waals surface area (Å²) in [5.74, 6) is -1.92. The van der Waals surface area contributed by atoms with E-state index in [2.05, 4.69) is 5.32 Å². The largest absolute Gasteiger partial charge is 0.497 e. The van der Waals surface area contributed by atoms with Gasteiger partial charge in [0.25, 0.3) is 10.0 Å². The molecule has 0 aromatic heterocycles. The summed E-state index contributed by atoms with van der Waals surface area (Å²) >= 11 is 0. The van der Waals surface area contributed by atoms with Crippen LogP contribution >= 0.6 is 0 Å². The Labute approximate surface area is 220 Å². The molecule has 0 saturated carbocycles. The summed E-state index contributed by atoms with van der Waals surface area (Å²) in [6.45, 7) is -0.809. The monoisotopic (exact) mass is 534 g/mol. The molecule has 0 spiro atoms. The fourth-order valence-corrected chi connectivity index (χ4v) is 5.59. The van der Waals surface area contributed by atoms with Crippen molar-refractivity contribution in [2.45, 2.75) is 17.4 Å². The van der Waals surface area contributed by atoms with Gasteiger partial charge in [-0.15, -0.1) is 0 Å². The third kappa shape index (κ3) is 5.70. The van der Waals surface area contributed by atoms with Gasteiger partial charge in [-0.05, 0) is 42.0 Å². The van der Waals surface area contributed by atoms with Crippen LogP contribution in [0, 0.1) is 0 Å². The molecule has 196 valence electrons. The van der Waals surface area contributed by atoms with E-state index in [4.69, 9.17) is 4.74 Å². The predicted octanol–water partition coefficient (Wildman–Crippen LogP) is 4.24. The molecule has 4 aromatic rings. The number of nitrogens with zero attached hydrogens (tertiary/aromatic N) is 1. The summed E-state index contributed by atoms with van der Waals surface area (Å²) in [6.07, 6.45) is 0.225. The van der Waals surface area contributed by atoms with E-state index in [1.807, 2.05) is 30.3 Å². The van der Waals surface area contributed by atoms with Gasteiger partial charge in [0.1, 0.15) is 18.3 Å². The van der Waals surface area contributed by atoms with E-state index < -0.39 is 34.5 Å². The van der Waals surface area contributed by atoms with Gasteiger partial charge < -0.3 is 20.3 Å². The Bertz CT molecular complexity index is 1560. The zero-order chi connectivity index (χ0) is 27.3. The minimum Gasteiger partial charge on any atom is -0.497 e. The van der Waals surface area contributed by atoms with E-state index >= 15 is 0 Å². The zero-order valence-electron chi connectivity index (χ0n) is 20.4. The van der Waals surface area contributed by atoms with Gasteiger partial charge in [-0.1, -0.05) is 54.6 Å². The second-order valence-electron chi connectivity index (χ2n) is 8.48. The highest BCUT2D eigenvalue weighted by molar-refractivity contribution is 7.92. The Morgan fingerprint density at radius 2 is 1.50 bits per heavy atom. The number of carboxylic acid groups (broad SMARTS) is 2. The standard InChI is InChI=1S/C28H26N2O7S/c1-37-20-11-13-21(14-12-20)38(35,36)30(18-27(31)32)26-16-15-24(22-9-5-6-10-23(22)26)29-25(28(33)34)17-19-7-3-2-4-8-19/h2-16,25,29H,17-18H2,1H3,(H,31,32)(H,33,34)/t25-/m0/s1. The molecule has 1 atom stereocenters. The molecule has 0 saturated heterocycles. The first-order chi connectivity index (χ1) is 18.2. The number of carboxylic acids is 2. The number of sulfonamides is 1. The molecule has 4 rings (SSSR count). The Balaban J connectivity index is 1.77. The van der Waals surface area contributed by atoms with Crippen LogP contribution in [0.2, 0.25) is 0 Å². The number of rotatable bonds is 11. The topological polar surface area (TPSA) is 133 Å². The number of ether oxygens (including phenoxy) is 1. The Kier molecular flexibility index (Phi) is 7.82. The van der Waals surface area contributed by atoms with Crippen LogP contribution in [0.5, 0.6) is 5.75 Å². The number of nitrogens with one attached hydrogen (secondary N) is 1. The molecule has 10 heteroatoms. The Morgan fingerprint density at radius 1 is 0.868 bits per heavy atom. The van der Waals surface area contributed by atoms with Crippen LogP contribution in [0.15, 0.2) is 95.9 Å². The number of aliphatic carboxylic acids is 2. The summed E-state index contributed by atoms with van der Waals surface area (Å²) in [5.41, 5.74) is 1.47. The maximum atomic E-state index is 13.6. The van der Waals surface area contributed by atoms with E-state index in [9.17, 15) is 28.2 Å². The van der Waals surface area contributed by atoms with Crippen molar-refractivity contribution in [3.8, 4) is 5.75 Å². The van der Waals surface area contributed by atoms with Crippen molar-refractivity contribution in [1.82, 2.24) is 0 Å². The summed E-state index contributed by atoms with van der Waals surface area (Å²) < 4.78 is 33.1. The number of hydrogen-bond donors (Lipinski definition) is 3. The zero-order valence-corrected chi connectivity index (χ0v) is 21.3. The highest BCUT2D eigenvalue weighted by Crippen LogP contribution is 2.35. The third-order valence-electron chi connectivity index (χ3n) is 6.01. The van der Waals surface area contributed by atoms with Crippen molar-refractivity contribution in [3.63, 3.8) is 0 Å². The van der Waals surface area contributed by atoms with Gasteiger partial charge in [-0.2, -0.15) is 0 Å². The van der Waals surface area contributed by atoms with E-state index in [1.165, 1.54) is 37.4 Å². The lowest BCUT2D eigenvalue weighted by molar-refractivity contribution is -0.138. The highest BCUT2D eigenvalue weighted by Gasteiger charge is 2.29. The van der Waals surface area contributed by atoms with Crippen LogP contribution in [-0.4, -0.2) is 50.3 Å². The number of methoxy groups -OCH3 is 1. The van der Waals surface area contributed by atoms with Gasteiger partial charge in [-0.25, -0.2) is 13.2 Å². The number of fused-ring (bicyclic) bond motifs is 1. The minimum atomic E-state index is -4.27.